The van der Waals surface area contributed by atoms with Crippen LogP contribution in [0.2, 0.25) is 10.0 Å². The highest BCUT2D eigenvalue weighted by atomic mass is 35.5. The lowest BCUT2D eigenvalue weighted by Crippen LogP contribution is -2.16. The molecule has 0 atom stereocenters. The maximum absolute atomic E-state index is 12.9. The van der Waals surface area contributed by atoms with Gasteiger partial charge in [-0.1, -0.05) is 53.5 Å². The molecule has 0 spiro atoms. The Morgan fingerprint density at radius 2 is 1.56 bits per heavy atom. The first kappa shape index (κ1) is 19.7. The molecule has 5 heteroatoms. The van der Waals surface area contributed by atoms with E-state index in [0.29, 0.717) is 16.7 Å². The van der Waals surface area contributed by atoms with E-state index in [4.69, 9.17) is 27.9 Å². The predicted octanol–water partition coefficient (Wildman–Crippen LogP) is 6.04. The van der Waals surface area contributed by atoms with Gasteiger partial charge in [-0.3, -0.25) is 0 Å². The van der Waals surface area contributed by atoms with Gasteiger partial charge in [0.05, 0.1) is 0 Å². The molecule has 0 saturated carbocycles. The molecule has 0 aliphatic heterocycles. The zero-order valence-corrected chi connectivity index (χ0v) is 16.2. The minimum Gasteiger partial charge on any atom is -0.489 e. The molecule has 3 aromatic carbocycles. The van der Waals surface area contributed by atoms with Gasteiger partial charge in [-0.2, -0.15) is 0 Å². The van der Waals surface area contributed by atoms with Gasteiger partial charge in [0.15, 0.2) is 0 Å². The summed E-state index contributed by atoms with van der Waals surface area (Å²) < 4.78 is 18.8. The molecular weight excluding hydrogens is 384 g/mol. The van der Waals surface area contributed by atoms with Crippen LogP contribution >= 0.6 is 23.2 Å². The third-order valence-electron chi connectivity index (χ3n) is 4.18. The van der Waals surface area contributed by atoms with E-state index in [1.165, 1.54) is 12.1 Å². The van der Waals surface area contributed by atoms with Crippen LogP contribution in [0.5, 0.6) is 5.75 Å². The molecule has 0 unspecified atom stereocenters. The molecule has 27 heavy (non-hydrogen) atoms. The Labute approximate surface area is 168 Å². The van der Waals surface area contributed by atoms with Crippen LogP contribution < -0.4 is 10.1 Å². The lowest BCUT2D eigenvalue weighted by atomic mass is 10.1. The molecule has 0 aliphatic carbocycles. The van der Waals surface area contributed by atoms with Gasteiger partial charge in [-0.25, -0.2) is 4.39 Å². The molecule has 3 aromatic rings. The monoisotopic (exact) mass is 403 g/mol. The number of hydrogen-bond donors (Lipinski definition) is 1. The van der Waals surface area contributed by atoms with E-state index in [1.807, 2.05) is 42.5 Å². The number of rotatable bonds is 8. The Morgan fingerprint density at radius 1 is 0.852 bits per heavy atom. The van der Waals surface area contributed by atoms with E-state index in [0.717, 1.165) is 42.0 Å². The Morgan fingerprint density at radius 3 is 2.30 bits per heavy atom. The third-order valence-corrected chi connectivity index (χ3v) is 4.88. The average molecular weight is 404 g/mol. The minimum atomic E-state index is -0.207. The van der Waals surface area contributed by atoms with E-state index in [-0.39, 0.29) is 5.82 Å². The van der Waals surface area contributed by atoms with Crippen LogP contribution in [0.15, 0.2) is 66.7 Å². The smallest absolute Gasteiger partial charge is 0.123 e. The highest BCUT2D eigenvalue weighted by molar-refractivity contribution is 6.35. The number of ether oxygens (including phenoxy) is 1. The van der Waals surface area contributed by atoms with Gasteiger partial charge in [0.2, 0.25) is 0 Å². The first-order chi connectivity index (χ1) is 13.1. The fourth-order valence-corrected chi connectivity index (χ4v) is 3.19. The van der Waals surface area contributed by atoms with Crippen molar-refractivity contribution in [3.05, 3.63) is 99.3 Å². The van der Waals surface area contributed by atoms with Crippen molar-refractivity contribution in [1.29, 1.82) is 0 Å². The molecule has 0 amide bonds. The fraction of sp³-hybridized carbons (Fsp3) is 0.182. The minimum absolute atomic E-state index is 0.207. The van der Waals surface area contributed by atoms with Gasteiger partial charge in [-0.15, -0.1) is 0 Å². The number of halogens is 3. The van der Waals surface area contributed by atoms with Crippen molar-refractivity contribution in [2.24, 2.45) is 0 Å². The Hall–Kier alpha value is -2.07. The first-order valence-corrected chi connectivity index (χ1v) is 9.47. The summed E-state index contributed by atoms with van der Waals surface area (Å²) in [7, 11) is 0. The topological polar surface area (TPSA) is 21.3 Å². The summed E-state index contributed by atoms with van der Waals surface area (Å²) in [5, 5.41) is 4.59. The molecule has 0 heterocycles. The maximum Gasteiger partial charge on any atom is 0.123 e. The van der Waals surface area contributed by atoms with E-state index in [2.05, 4.69) is 5.32 Å². The Balaban J connectivity index is 1.49. The molecular formula is C22H20Cl2FNO. The van der Waals surface area contributed by atoms with Crippen molar-refractivity contribution < 1.29 is 9.13 Å². The SMILES string of the molecule is Fc1ccc(CCNCc2cccc(OCc3c(Cl)cccc3Cl)c2)cc1. The van der Waals surface area contributed by atoms with E-state index in [1.54, 1.807) is 12.1 Å². The van der Waals surface area contributed by atoms with Crippen LogP contribution in [0.3, 0.4) is 0 Å². The average Bonchev–Trinajstić information content (AvgIpc) is 2.67. The van der Waals surface area contributed by atoms with Gasteiger partial charge in [-0.05, 0) is 60.5 Å². The number of nitrogens with one attached hydrogen (secondary N) is 1. The second-order valence-corrected chi connectivity index (χ2v) is 7.00. The molecule has 3 rings (SSSR count). The van der Waals surface area contributed by atoms with Crippen LogP contribution in [0.4, 0.5) is 4.39 Å². The number of hydrogen-bond acceptors (Lipinski definition) is 2. The first-order valence-electron chi connectivity index (χ1n) is 8.71. The number of benzene rings is 3. The molecule has 0 bridgehead atoms. The van der Waals surface area contributed by atoms with Gasteiger partial charge < -0.3 is 10.1 Å². The molecule has 0 saturated heterocycles. The molecule has 0 aromatic heterocycles. The third kappa shape index (κ3) is 5.96. The summed E-state index contributed by atoms with van der Waals surface area (Å²) in [6.45, 7) is 1.86. The maximum atomic E-state index is 12.9. The van der Waals surface area contributed by atoms with Crippen molar-refractivity contribution in [1.82, 2.24) is 5.32 Å². The summed E-state index contributed by atoms with van der Waals surface area (Å²) in [4.78, 5) is 0. The van der Waals surface area contributed by atoms with E-state index in [9.17, 15) is 4.39 Å². The van der Waals surface area contributed by atoms with Crippen LogP contribution in [0.1, 0.15) is 16.7 Å². The van der Waals surface area contributed by atoms with Crippen molar-refractivity contribution in [3.8, 4) is 5.75 Å². The highest BCUT2D eigenvalue weighted by Gasteiger charge is 2.06. The van der Waals surface area contributed by atoms with Crippen molar-refractivity contribution >= 4 is 23.2 Å². The summed E-state index contributed by atoms with van der Waals surface area (Å²) in [6, 6.07) is 19.9. The van der Waals surface area contributed by atoms with Gasteiger partial charge in [0, 0.05) is 22.2 Å². The Bertz CT molecular complexity index is 863. The van der Waals surface area contributed by atoms with Gasteiger partial charge in [0.1, 0.15) is 18.2 Å². The molecule has 2 nitrogen and oxygen atoms in total. The highest BCUT2D eigenvalue weighted by Crippen LogP contribution is 2.26. The molecule has 140 valence electrons. The Kier molecular flexibility index (Phi) is 7.11. The van der Waals surface area contributed by atoms with Crippen LogP contribution in [-0.2, 0) is 19.6 Å². The normalized spacial score (nSPS) is 10.8. The van der Waals surface area contributed by atoms with Crippen LogP contribution in [-0.4, -0.2) is 6.54 Å². The van der Waals surface area contributed by atoms with Crippen molar-refractivity contribution in [2.75, 3.05) is 6.54 Å². The van der Waals surface area contributed by atoms with Crippen molar-refractivity contribution in [3.63, 3.8) is 0 Å². The standard InChI is InChI=1S/C22H20Cl2FNO/c23-21-5-2-6-22(24)20(21)15-27-19-4-1-3-17(13-19)14-26-12-11-16-7-9-18(25)10-8-16/h1-10,13,26H,11-12,14-15H2. The lowest BCUT2D eigenvalue weighted by molar-refractivity contribution is 0.306. The molecule has 0 fully saturated rings. The summed E-state index contributed by atoms with van der Waals surface area (Å²) in [6.07, 6.45) is 0.849. The largest absolute Gasteiger partial charge is 0.489 e. The zero-order valence-electron chi connectivity index (χ0n) is 14.7. The van der Waals surface area contributed by atoms with Crippen LogP contribution in [0.25, 0.3) is 0 Å². The second-order valence-electron chi connectivity index (χ2n) is 6.19. The van der Waals surface area contributed by atoms with Gasteiger partial charge in [0.25, 0.3) is 0 Å². The molecule has 0 radical (unpaired) electrons. The summed E-state index contributed by atoms with van der Waals surface area (Å²) >= 11 is 12.4. The lowest BCUT2D eigenvalue weighted by Gasteiger charge is -2.11. The summed E-state index contributed by atoms with van der Waals surface area (Å²) in [5.74, 6) is 0.561. The predicted molar refractivity (Wildman–Crippen MR) is 109 cm³/mol. The molecule has 0 aliphatic rings. The second kappa shape index (κ2) is 9.75. The fourth-order valence-electron chi connectivity index (χ4n) is 2.69. The van der Waals surface area contributed by atoms with E-state index >= 15 is 0 Å². The van der Waals surface area contributed by atoms with Crippen LogP contribution in [0, 0.1) is 5.82 Å². The quantitative estimate of drug-likeness (QED) is 0.462. The molecule has 1 N–H and O–H groups in total. The zero-order chi connectivity index (χ0) is 19.1. The van der Waals surface area contributed by atoms with Crippen molar-refractivity contribution in [2.45, 2.75) is 19.6 Å². The van der Waals surface area contributed by atoms with E-state index < -0.39 is 0 Å². The summed E-state index contributed by atoms with van der Waals surface area (Å²) in [5.41, 5.74) is 3.01. The van der Waals surface area contributed by atoms with Gasteiger partial charge >= 0.3 is 0 Å².